The maximum atomic E-state index is 13.0. The minimum atomic E-state index is -0.328. The van der Waals surface area contributed by atoms with Gasteiger partial charge in [-0.15, -0.1) is 0 Å². The first kappa shape index (κ1) is 18.7. The van der Waals surface area contributed by atoms with Crippen molar-refractivity contribution in [2.75, 3.05) is 10.6 Å². The first-order valence-corrected chi connectivity index (χ1v) is 9.31. The number of fused-ring (bicyclic) bond motifs is 1. The van der Waals surface area contributed by atoms with Crippen LogP contribution in [0.2, 0.25) is 5.02 Å². The average Bonchev–Trinajstić information content (AvgIpc) is 3.09. The summed E-state index contributed by atoms with van der Waals surface area (Å²) >= 11 is 6.02. The van der Waals surface area contributed by atoms with Crippen LogP contribution in [0.5, 0.6) is 0 Å². The topological polar surface area (TPSA) is 75.5 Å². The zero-order valence-electron chi connectivity index (χ0n) is 15.5. The third kappa shape index (κ3) is 3.97. The smallest absolute Gasteiger partial charge is 0.276 e. The van der Waals surface area contributed by atoms with Gasteiger partial charge in [-0.2, -0.15) is 0 Å². The molecule has 2 amide bonds. The lowest BCUT2D eigenvalue weighted by Crippen LogP contribution is -2.14. The SMILES string of the molecule is CC(=O)Nc1ccc(NC(=O)c2nc3ccccn3c2-c2ccc(Cl)cc2)cc1. The first-order chi connectivity index (χ1) is 14.0. The van der Waals surface area contributed by atoms with Gasteiger partial charge < -0.3 is 10.6 Å². The van der Waals surface area contributed by atoms with Gasteiger partial charge in [0.25, 0.3) is 5.91 Å². The summed E-state index contributed by atoms with van der Waals surface area (Å²) in [5, 5.41) is 6.18. The summed E-state index contributed by atoms with van der Waals surface area (Å²) in [5.41, 5.74) is 3.75. The number of carbonyl (C=O) groups excluding carboxylic acids is 2. The molecule has 0 aliphatic heterocycles. The Labute approximate surface area is 172 Å². The Bertz CT molecular complexity index is 1200. The Balaban J connectivity index is 1.69. The van der Waals surface area contributed by atoms with Crippen LogP contribution in [0.1, 0.15) is 17.4 Å². The maximum Gasteiger partial charge on any atom is 0.276 e. The number of benzene rings is 2. The van der Waals surface area contributed by atoms with E-state index in [1.54, 1.807) is 36.4 Å². The molecule has 0 saturated heterocycles. The van der Waals surface area contributed by atoms with E-state index in [2.05, 4.69) is 15.6 Å². The number of hydrogen-bond donors (Lipinski definition) is 2. The van der Waals surface area contributed by atoms with Crippen LogP contribution in [0.15, 0.2) is 72.9 Å². The Kier molecular flexibility index (Phi) is 5.01. The normalized spacial score (nSPS) is 10.7. The summed E-state index contributed by atoms with van der Waals surface area (Å²) in [6.07, 6.45) is 1.87. The highest BCUT2D eigenvalue weighted by Crippen LogP contribution is 2.27. The van der Waals surface area contributed by atoms with E-state index in [4.69, 9.17) is 11.6 Å². The first-order valence-electron chi connectivity index (χ1n) is 8.93. The second-order valence-corrected chi connectivity index (χ2v) is 6.89. The van der Waals surface area contributed by atoms with E-state index in [1.807, 2.05) is 40.9 Å². The van der Waals surface area contributed by atoms with Gasteiger partial charge in [0.05, 0.1) is 5.69 Å². The van der Waals surface area contributed by atoms with Crippen molar-refractivity contribution in [2.45, 2.75) is 6.92 Å². The second kappa shape index (κ2) is 7.77. The van der Waals surface area contributed by atoms with Crippen LogP contribution in [-0.2, 0) is 4.79 Å². The molecule has 0 aliphatic carbocycles. The number of carbonyl (C=O) groups is 2. The van der Waals surface area contributed by atoms with Crippen molar-refractivity contribution >= 4 is 40.4 Å². The summed E-state index contributed by atoms with van der Waals surface area (Å²) in [5.74, 6) is -0.481. The quantitative estimate of drug-likeness (QED) is 0.509. The van der Waals surface area contributed by atoms with Crippen molar-refractivity contribution < 1.29 is 9.59 Å². The van der Waals surface area contributed by atoms with E-state index in [-0.39, 0.29) is 11.8 Å². The largest absolute Gasteiger partial charge is 0.326 e. The molecule has 0 fully saturated rings. The van der Waals surface area contributed by atoms with Gasteiger partial charge in [0.2, 0.25) is 5.91 Å². The summed E-state index contributed by atoms with van der Waals surface area (Å²) < 4.78 is 1.87. The molecule has 0 atom stereocenters. The maximum absolute atomic E-state index is 13.0. The second-order valence-electron chi connectivity index (χ2n) is 6.46. The fraction of sp³-hybridized carbons (Fsp3) is 0.0455. The highest BCUT2D eigenvalue weighted by Gasteiger charge is 2.20. The lowest BCUT2D eigenvalue weighted by atomic mass is 10.1. The van der Waals surface area contributed by atoms with Gasteiger partial charge in [-0.1, -0.05) is 29.8 Å². The number of rotatable bonds is 4. The molecule has 4 aromatic rings. The van der Waals surface area contributed by atoms with Crippen molar-refractivity contribution in [1.82, 2.24) is 9.38 Å². The molecular weight excluding hydrogens is 388 g/mol. The van der Waals surface area contributed by atoms with Gasteiger partial charge in [0, 0.05) is 35.1 Å². The highest BCUT2D eigenvalue weighted by molar-refractivity contribution is 6.30. The van der Waals surface area contributed by atoms with E-state index in [9.17, 15) is 9.59 Å². The average molecular weight is 405 g/mol. The number of halogens is 1. The molecule has 6 nitrogen and oxygen atoms in total. The number of aromatic nitrogens is 2. The predicted octanol–water partition coefficient (Wildman–Crippen LogP) is 4.87. The standard InChI is InChI=1S/C22H17ClN4O2/c1-14(28)24-17-9-11-18(12-10-17)25-22(29)20-21(15-5-7-16(23)8-6-15)27-13-3-2-4-19(27)26-20/h2-13H,1H3,(H,24,28)(H,25,29). The van der Waals surface area contributed by atoms with E-state index >= 15 is 0 Å². The van der Waals surface area contributed by atoms with Crippen LogP contribution in [0, 0.1) is 0 Å². The number of anilines is 2. The fourth-order valence-electron chi connectivity index (χ4n) is 3.07. The Hall–Kier alpha value is -3.64. The van der Waals surface area contributed by atoms with Gasteiger partial charge in [0.1, 0.15) is 5.65 Å². The van der Waals surface area contributed by atoms with Gasteiger partial charge >= 0.3 is 0 Å². The van der Waals surface area contributed by atoms with Crippen LogP contribution in [0.4, 0.5) is 11.4 Å². The Morgan fingerprint density at radius 2 is 1.55 bits per heavy atom. The molecular formula is C22H17ClN4O2. The third-order valence-corrected chi connectivity index (χ3v) is 4.58. The van der Waals surface area contributed by atoms with Crippen LogP contribution >= 0.6 is 11.6 Å². The molecule has 0 saturated carbocycles. The van der Waals surface area contributed by atoms with Gasteiger partial charge in [0.15, 0.2) is 5.69 Å². The molecule has 2 aromatic carbocycles. The summed E-state index contributed by atoms with van der Waals surface area (Å²) in [4.78, 5) is 28.7. The zero-order chi connectivity index (χ0) is 20.4. The monoisotopic (exact) mass is 404 g/mol. The van der Waals surface area contributed by atoms with Crippen LogP contribution < -0.4 is 10.6 Å². The molecule has 0 unspecified atom stereocenters. The van der Waals surface area contributed by atoms with Crippen LogP contribution in [0.25, 0.3) is 16.9 Å². The van der Waals surface area contributed by atoms with Crippen LogP contribution in [0.3, 0.4) is 0 Å². The van der Waals surface area contributed by atoms with Crippen molar-refractivity contribution in [3.8, 4) is 11.3 Å². The Morgan fingerprint density at radius 1 is 0.897 bits per heavy atom. The minimum Gasteiger partial charge on any atom is -0.326 e. The number of imidazole rings is 1. The summed E-state index contributed by atoms with van der Waals surface area (Å²) in [6.45, 7) is 1.44. The lowest BCUT2D eigenvalue weighted by Gasteiger charge is -2.08. The third-order valence-electron chi connectivity index (χ3n) is 4.33. The molecule has 0 bridgehead atoms. The van der Waals surface area contributed by atoms with Gasteiger partial charge in [-0.25, -0.2) is 4.98 Å². The van der Waals surface area contributed by atoms with E-state index in [0.717, 1.165) is 5.56 Å². The predicted molar refractivity (Wildman–Crippen MR) is 114 cm³/mol. The minimum absolute atomic E-state index is 0.154. The van der Waals surface area contributed by atoms with Gasteiger partial charge in [-0.05, 0) is 48.5 Å². The Morgan fingerprint density at radius 3 is 2.21 bits per heavy atom. The molecule has 2 N–H and O–H groups in total. The molecule has 4 rings (SSSR count). The van der Waals surface area contributed by atoms with Gasteiger partial charge in [-0.3, -0.25) is 14.0 Å². The molecule has 7 heteroatoms. The summed E-state index contributed by atoms with van der Waals surface area (Å²) in [6, 6.07) is 19.8. The number of hydrogen-bond acceptors (Lipinski definition) is 3. The summed E-state index contributed by atoms with van der Waals surface area (Å²) in [7, 11) is 0. The molecule has 144 valence electrons. The van der Waals surface area contributed by atoms with Crippen molar-refractivity contribution in [1.29, 1.82) is 0 Å². The number of nitrogens with one attached hydrogen (secondary N) is 2. The molecule has 0 spiro atoms. The number of pyridine rings is 1. The highest BCUT2D eigenvalue weighted by atomic mass is 35.5. The molecule has 29 heavy (non-hydrogen) atoms. The van der Waals surface area contributed by atoms with Crippen LogP contribution in [-0.4, -0.2) is 21.2 Å². The van der Waals surface area contributed by atoms with Crippen molar-refractivity contribution in [3.05, 3.63) is 83.6 Å². The lowest BCUT2D eigenvalue weighted by molar-refractivity contribution is -0.114. The fourth-order valence-corrected chi connectivity index (χ4v) is 3.19. The zero-order valence-corrected chi connectivity index (χ0v) is 16.3. The van der Waals surface area contributed by atoms with Crippen molar-refractivity contribution in [2.24, 2.45) is 0 Å². The molecule has 0 radical (unpaired) electrons. The van der Waals surface area contributed by atoms with E-state index in [0.29, 0.717) is 33.4 Å². The van der Waals surface area contributed by atoms with E-state index < -0.39 is 0 Å². The van der Waals surface area contributed by atoms with Crippen molar-refractivity contribution in [3.63, 3.8) is 0 Å². The number of nitrogens with zero attached hydrogens (tertiary/aromatic N) is 2. The molecule has 0 aliphatic rings. The van der Waals surface area contributed by atoms with E-state index in [1.165, 1.54) is 6.92 Å². The molecule has 2 aromatic heterocycles. The molecule has 2 heterocycles. The number of amides is 2.